The van der Waals surface area contributed by atoms with Gasteiger partial charge in [0.1, 0.15) is 5.75 Å². The molecule has 258 valence electrons. The molecule has 0 spiro atoms. The van der Waals surface area contributed by atoms with Crippen molar-refractivity contribution in [3.63, 3.8) is 0 Å². The van der Waals surface area contributed by atoms with Crippen LogP contribution in [-0.4, -0.2) is 61.9 Å². The maximum Gasteiger partial charge on any atom is 0.192 e. The number of methoxy groups -OCH3 is 4. The van der Waals surface area contributed by atoms with E-state index in [1.165, 1.54) is 5.57 Å². The van der Waals surface area contributed by atoms with Crippen LogP contribution < -0.4 is 4.74 Å². The Morgan fingerprint density at radius 2 is 1.49 bits per heavy atom. The molecule has 0 N–H and O–H groups in total. The van der Waals surface area contributed by atoms with E-state index < -0.39 is 8.32 Å². The molecule has 0 radical (unpaired) electrons. The third-order valence-electron chi connectivity index (χ3n) is 9.04. The van der Waals surface area contributed by atoms with Crippen LogP contribution in [0.5, 0.6) is 5.75 Å². The molecule has 0 saturated heterocycles. The molecule has 0 aromatic heterocycles. The molecular formula is C38H66O6Si. The van der Waals surface area contributed by atoms with Crippen molar-refractivity contribution < 1.29 is 28.1 Å². The van der Waals surface area contributed by atoms with Gasteiger partial charge in [0.2, 0.25) is 0 Å². The number of hydrogen-bond acceptors (Lipinski definition) is 6. The average molecular weight is 647 g/mol. The van der Waals surface area contributed by atoms with E-state index in [0.29, 0.717) is 18.4 Å². The molecule has 1 aromatic rings. The second kappa shape index (κ2) is 21.2. The maximum absolute atomic E-state index is 6.95. The van der Waals surface area contributed by atoms with Crippen molar-refractivity contribution in [2.75, 3.05) is 35.0 Å². The summed E-state index contributed by atoms with van der Waals surface area (Å²) in [7, 11) is 4.93. The molecule has 1 aromatic carbocycles. The van der Waals surface area contributed by atoms with Gasteiger partial charge in [0.05, 0.1) is 19.8 Å². The summed E-state index contributed by atoms with van der Waals surface area (Å²) in [5.41, 5.74) is 2.36. The van der Waals surface area contributed by atoms with Crippen LogP contribution in [0, 0.1) is 17.8 Å². The Morgan fingerprint density at radius 3 is 2.04 bits per heavy atom. The number of ether oxygens (including phenoxy) is 5. The topological polar surface area (TPSA) is 55.4 Å². The van der Waals surface area contributed by atoms with Crippen LogP contribution in [0.1, 0.15) is 79.7 Å². The Labute approximate surface area is 277 Å². The van der Waals surface area contributed by atoms with Gasteiger partial charge in [0, 0.05) is 46.4 Å². The normalized spacial score (nSPS) is 16.8. The lowest BCUT2D eigenvalue weighted by Gasteiger charge is -2.40. The van der Waals surface area contributed by atoms with Crippen molar-refractivity contribution >= 4 is 8.32 Å². The van der Waals surface area contributed by atoms with Gasteiger partial charge in [-0.15, -0.1) is 0 Å². The van der Waals surface area contributed by atoms with Crippen molar-refractivity contribution in [2.45, 2.75) is 117 Å². The predicted octanol–water partition coefficient (Wildman–Crippen LogP) is 9.76. The van der Waals surface area contributed by atoms with Gasteiger partial charge in [0.15, 0.2) is 14.6 Å². The van der Waals surface area contributed by atoms with E-state index in [2.05, 4.69) is 104 Å². The van der Waals surface area contributed by atoms with Gasteiger partial charge >= 0.3 is 0 Å². The van der Waals surface area contributed by atoms with Gasteiger partial charge in [-0.2, -0.15) is 0 Å². The van der Waals surface area contributed by atoms with Crippen molar-refractivity contribution in [1.82, 2.24) is 0 Å². The number of rotatable bonds is 22. The summed E-state index contributed by atoms with van der Waals surface area (Å²) in [6.45, 7) is 21.7. The van der Waals surface area contributed by atoms with Crippen molar-refractivity contribution in [2.24, 2.45) is 17.8 Å². The van der Waals surface area contributed by atoms with Gasteiger partial charge in [-0.3, -0.25) is 0 Å². The highest BCUT2D eigenvalue weighted by molar-refractivity contribution is 6.74. The molecule has 7 heteroatoms. The number of benzene rings is 1. The molecule has 0 aliphatic carbocycles. The Balaban J connectivity index is 2.70. The minimum absolute atomic E-state index is 0.0120. The zero-order valence-corrected chi connectivity index (χ0v) is 31.9. The highest BCUT2D eigenvalue weighted by atomic mass is 28.4. The lowest BCUT2D eigenvalue weighted by atomic mass is 9.97. The van der Waals surface area contributed by atoms with Crippen LogP contribution >= 0.6 is 0 Å². The third-order valence-corrected chi connectivity index (χ3v) is 13.6. The van der Waals surface area contributed by atoms with Crippen LogP contribution in [0.3, 0.4) is 0 Å². The lowest BCUT2D eigenvalue weighted by molar-refractivity contribution is -0.135. The van der Waals surface area contributed by atoms with Gasteiger partial charge in [0.25, 0.3) is 0 Å². The largest absolute Gasteiger partial charge is 0.497 e. The lowest BCUT2D eigenvalue weighted by Crippen LogP contribution is -2.45. The van der Waals surface area contributed by atoms with E-state index in [0.717, 1.165) is 43.6 Å². The van der Waals surface area contributed by atoms with Crippen LogP contribution in [0.15, 0.2) is 60.2 Å². The summed E-state index contributed by atoms with van der Waals surface area (Å²) >= 11 is 0. The molecule has 45 heavy (non-hydrogen) atoms. The molecule has 0 saturated carbocycles. The molecular weight excluding hydrogens is 580 g/mol. The summed E-state index contributed by atoms with van der Waals surface area (Å²) in [5, 5.41) is 0.139. The van der Waals surface area contributed by atoms with E-state index in [9.17, 15) is 0 Å². The summed E-state index contributed by atoms with van der Waals surface area (Å²) in [4.78, 5) is 0. The summed E-state index contributed by atoms with van der Waals surface area (Å²) in [6.07, 6.45) is 14.5. The standard InChI is InChI=1S/C38H66O6Si/c1-29(25-30(2)27-43-28-33-20-23-34(39-8)24-21-33)17-15-14-16-18-31(3)36(40-9)26-35(44-45(12,13)38(5,6)7)22-19-32(4)37(41-10)42-11/h14-18,20-21,23-24,29-30,32,35-37H,19,22,25-28H2,1-13H3/b16-14+,17-15+,31-18+/t29-,30-,32-,35+,36+/m1/s1. The molecule has 0 aliphatic heterocycles. The van der Waals surface area contributed by atoms with Crippen LogP contribution in [0.2, 0.25) is 18.1 Å². The molecule has 6 nitrogen and oxygen atoms in total. The van der Waals surface area contributed by atoms with Crippen LogP contribution in [0.25, 0.3) is 0 Å². The van der Waals surface area contributed by atoms with E-state index in [1.54, 1.807) is 28.4 Å². The molecule has 1 rings (SSSR count). The fourth-order valence-electron chi connectivity index (χ4n) is 5.18. The Kier molecular flexibility index (Phi) is 19.4. The highest BCUT2D eigenvalue weighted by Crippen LogP contribution is 2.39. The fraction of sp³-hybridized carbons (Fsp3) is 0.684. The average Bonchev–Trinajstić information content (AvgIpc) is 2.98. The Morgan fingerprint density at radius 1 is 0.844 bits per heavy atom. The quantitative estimate of drug-likeness (QED) is 0.0710. The molecule has 0 bridgehead atoms. The molecule has 0 heterocycles. The van der Waals surface area contributed by atoms with E-state index >= 15 is 0 Å². The van der Waals surface area contributed by atoms with Gasteiger partial charge in [-0.25, -0.2) is 0 Å². The summed E-state index contributed by atoms with van der Waals surface area (Å²) in [6, 6.07) is 8.05. The second-order valence-electron chi connectivity index (χ2n) is 14.2. The monoisotopic (exact) mass is 646 g/mol. The molecule has 0 amide bonds. The Hall–Kier alpha value is -1.74. The molecule has 0 aliphatic rings. The maximum atomic E-state index is 6.95. The first-order chi connectivity index (χ1) is 21.2. The Bertz CT molecular complexity index is 1010. The van der Waals surface area contributed by atoms with E-state index in [-0.39, 0.29) is 29.5 Å². The third kappa shape index (κ3) is 16.1. The van der Waals surface area contributed by atoms with Gasteiger partial charge in [-0.05, 0) is 79.4 Å². The smallest absolute Gasteiger partial charge is 0.192 e. The first kappa shape index (κ1) is 41.3. The summed E-state index contributed by atoms with van der Waals surface area (Å²) < 4.78 is 35.2. The summed E-state index contributed by atoms with van der Waals surface area (Å²) in [5.74, 6) is 2.09. The number of hydrogen-bond donors (Lipinski definition) is 0. The van der Waals surface area contributed by atoms with Gasteiger partial charge in [-0.1, -0.05) is 84.1 Å². The molecule has 5 atom stereocenters. The fourth-order valence-corrected chi connectivity index (χ4v) is 6.59. The van der Waals surface area contributed by atoms with Crippen molar-refractivity contribution in [3.05, 3.63) is 65.8 Å². The van der Waals surface area contributed by atoms with Crippen molar-refractivity contribution in [1.29, 1.82) is 0 Å². The zero-order chi connectivity index (χ0) is 34.0. The van der Waals surface area contributed by atoms with Crippen LogP contribution in [-0.2, 0) is 30.0 Å². The minimum Gasteiger partial charge on any atom is -0.497 e. The van der Waals surface area contributed by atoms with Gasteiger partial charge < -0.3 is 28.1 Å². The van der Waals surface area contributed by atoms with Crippen molar-refractivity contribution in [3.8, 4) is 5.75 Å². The van der Waals surface area contributed by atoms with Crippen LogP contribution in [0.4, 0.5) is 0 Å². The first-order valence-electron chi connectivity index (χ1n) is 16.7. The zero-order valence-electron chi connectivity index (χ0n) is 30.9. The number of allylic oxidation sites excluding steroid dienone is 5. The molecule has 0 unspecified atom stereocenters. The second-order valence-corrected chi connectivity index (χ2v) is 19.0. The van der Waals surface area contributed by atoms with E-state index in [4.69, 9.17) is 28.1 Å². The first-order valence-corrected chi connectivity index (χ1v) is 19.6. The SMILES string of the molecule is COc1ccc(COC[C@H](C)C[C@H](C)/C=C/C=C/C=C(\C)[C@H](C[C@H](CC[C@@H](C)C(OC)OC)O[Si](C)(C)C(C)(C)C)OC)cc1. The van der Waals surface area contributed by atoms with E-state index in [1.807, 2.05) is 12.1 Å². The molecule has 0 fully saturated rings. The highest BCUT2D eigenvalue weighted by Gasteiger charge is 2.39. The minimum atomic E-state index is -1.96. The predicted molar refractivity (Wildman–Crippen MR) is 191 cm³/mol.